The lowest BCUT2D eigenvalue weighted by atomic mass is 10.0. The van der Waals surface area contributed by atoms with Crippen molar-refractivity contribution in [2.24, 2.45) is 0 Å². The maximum absolute atomic E-state index is 9.90. The van der Waals surface area contributed by atoms with Gasteiger partial charge in [-0.05, 0) is 0 Å². The van der Waals surface area contributed by atoms with Crippen LogP contribution in [0.2, 0.25) is 0 Å². The van der Waals surface area contributed by atoms with Gasteiger partial charge in [-0.2, -0.15) is 15.0 Å². The summed E-state index contributed by atoms with van der Waals surface area (Å²) in [4.78, 5) is 28.4. The van der Waals surface area contributed by atoms with E-state index in [1.807, 2.05) is 6.79 Å². The van der Waals surface area contributed by atoms with Crippen molar-refractivity contribution in [2.45, 2.75) is 24.4 Å². The van der Waals surface area contributed by atoms with Gasteiger partial charge in [-0.3, -0.25) is 0 Å². The van der Waals surface area contributed by atoms with Crippen molar-refractivity contribution >= 4 is 30.9 Å². The summed E-state index contributed by atoms with van der Waals surface area (Å²) in [5, 5.41) is 43.5. The van der Waals surface area contributed by atoms with Gasteiger partial charge in [0.15, 0.2) is 6.29 Å². The molecule has 0 unspecified atom stereocenters. The number of nitrogen functional groups attached to an aromatic ring is 3. The van der Waals surface area contributed by atoms with E-state index in [4.69, 9.17) is 47.5 Å². The SMILES string of the molecule is C=O.Nc1nc(N)nc(N)n1.O=C[C@H](O)[C@@H](O)[C@H](O)[C@H](O)CO. The van der Waals surface area contributed by atoms with E-state index in [0.717, 1.165) is 0 Å². The number of nitrogens with two attached hydrogens (primary N) is 3. The molecule has 13 heteroatoms. The van der Waals surface area contributed by atoms with Crippen LogP contribution in [-0.2, 0) is 9.59 Å². The van der Waals surface area contributed by atoms with Gasteiger partial charge in [0.1, 0.15) is 31.2 Å². The first-order valence-electron chi connectivity index (χ1n) is 5.82. The molecule has 1 heterocycles. The van der Waals surface area contributed by atoms with E-state index >= 15 is 0 Å². The van der Waals surface area contributed by atoms with E-state index in [0.29, 0.717) is 0 Å². The molecule has 13 nitrogen and oxygen atoms in total. The third-order valence-electron chi connectivity index (χ3n) is 2.11. The Morgan fingerprint density at radius 3 is 1.52 bits per heavy atom. The smallest absolute Gasteiger partial charge is 0.226 e. The summed E-state index contributed by atoms with van der Waals surface area (Å²) in [5.41, 5.74) is 15.4. The molecular weight excluding hydrogens is 316 g/mol. The molecule has 0 aliphatic carbocycles. The largest absolute Gasteiger partial charge is 0.394 e. The molecule has 132 valence electrons. The van der Waals surface area contributed by atoms with Crippen LogP contribution < -0.4 is 17.2 Å². The van der Waals surface area contributed by atoms with Crippen LogP contribution in [0, 0.1) is 0 Å². The molecule has 0 spiro atoms. The molecule has 0 aliphatic rings. The van der Waals surface area contributed by atoms with Crippen LogP contribution >= 0.6 is 0 Å². The molecular formula is C10H20N6O7. The molecule has 4 atom stereocenters. The maximum atomic E-state index is 9.90. The molecule has 0 bridgehead atoms. The van der Waals surface area contributed by atoms with Gasteiger partial charge < -0.3 is 52.3 Å². The van der Waals surface area contributed by atoms with Gasteiger partial charge in [-0.1, -0.05) is 0 Å². The second kappa shape index (κ2) is 12.1. The lowest BCUT2D eigenvalue weighted by Crippen LogP contribution is -2.46. The van der Waals surface area contributed by atoms with E-state index in [1.165, 1.54) is 0 Å². The lowest BCUT2D eigenvalue weighted by molar-refractivity contribution is -0.136. The third-order valence-corrected chi connectivity index (χ3v) is 2.11. The standard InChI is InChI=1S/C6H12O6.C3H6N6.CH2O/c7-1-3(9)5(11)6(12)4(10)2-8;4-1-7-2(5)9-3(6)8-1;1-2/h1,3-6,8-12H,2H2;(H6,4,5,6,7,8,9);1H2/t3-,4+,5+,6+;;/m0../s1. The van der Waals surface area contributed by atoms with Gasteiger partial charge in [0.05, 0.1) is 6.61 Å². The second-order valence-electron chi connectivity index (χ2n) is 3.77. The molecule has 1 aromatic rings. The van der Waals surface area contributed by atoms with E-state index in [1.54, 1.807) is 0 Å². The van der Waals surface area contributed by atoms with Crippen molar-refractivity contribution in [3.8, 4) is 0 Å². The number of hydrogen-bond donors (Lipinski definition) is 8. The van der Waals surface area contributed by atoms with Crippen LogP contribution in [-0.4, -0.2) is 84.6 Å². The molecule has 11 N–H and O–H groups in total. The monoisotopic (exact) mass is 336 g/mol. The highest BCUT2D eigenvalue weighted by Crippen LogP contribution is 2.03. The zero-order valence-electron chi connectivity index (χ0n) is 11.9. The quantitative estimate of drug-likeness (QED) is 0.235. The Morgan fingerprint density at radius 2 is 1.26 bits per heavy atom. The zero-order chi connectivity index (χ0) is 18.6. The maximum Gasteiger partial charge on any atom is 0.226 e. The molecule has 0 amide bonds. The lowest BCUT2D eigenvalue weighted by Gasteiger charge is -2.22. The Hall–Kier alpha value is -2.45. The molecule has 0 saturated carbocycles. The zero-order valence-corrected chi connectivity index (χ0v) is 11.9. The first-order chi connectivity index (χ1) is 10.7. The number of carbonyl (C=O) groups is 2. The fourth-order valence-corrected chi connectivity index (χ4v) is 1.05. The van der Waals surface area contributed by atoms with Gasteiger partial charge in [0.25, 0.3) is 0 Å². The van der Waals surface area contributed by atoms with Crippen LogP contribution in [0.1, 0.15) is 0 Å². The minimum absolute atomic E-state index is 0.0258. The first kappa shape index (κ1) is 22.8. The summed E-state index contributed by atoms with van der Waals surface area (Å²) in [5.74, 6) is 0.125. The Balaban J connectivity index is 0. The van der Waals surface area contributed by atoms with Crippen molar-refractivity contribution in [1.29, 1.82) is 0 Å². The number of rotatable bonds is 5. The van der Waals surface area contributed by atoms with Gasteiger partial charge in [-0.15, -0.1) is 0 Å². The van der Waals surface area contributed by atoms with E-state index in [-0.39, 0.29) is 24.1 Å². The number of aliphatic hydroxyl groups excluding tert-OH is 5. The highest BCUT2D eigenvalue weighted by atomic mass is 16.4. The Bertz CT molecular complexity index is 415. The second-order valence-corrected chi connectivity index (χ2v) is 3.77. The Labute approximate surface area is 130 Å². The summed E-state index contributed by atoms with van der Waals surface area (Å²) in [7, 11) is 0. The number of carbonyl (C=O) groups excluding carboxylic acids is 2. The topological polar surface area (TPSA) is 252 Å². The van der Waals surface area contributed by atoms with Crippen LogP contribution in [0.3, 0.4) is 0 Å². The number of anilines is 3. The van der Waals surface area contributed by atoms with Crippen LogP contribution in [0.5, 0.6) is 0 Å². The van der Waals surface area contributed by atoms with Gasteiger partial charge in [0.2, 0.25) is 17.8 Å². The molecule has 1 aromatic heterocycles. The van der Waals surface area contributed by atoms with Crippen molar-refractivity contribution < 1.29 is 35.1 Å². The van der Waals surface area contributed by atoms with Crippen molar-refractivity contribution in [2.75, 3.05) is 23.8 Å². The summed E-state index contributed by atoms with van der Waals surface area (Å²) in [6, 6.07) is 0. The average Bonchev–Trinajstić information content (AvgIpc) is 2.53. The molecule has 0 fully saturated rings. The molecule has 1 rings (SSSR count). The molecule has 0 aromatic carbocycles. The number of aromatic nitrogens is 3. The minimum Gasteiger partial charge on any atom is -0.394 e. The van der Waals surface area contributed by atoms with Crippen LogP contribution in [0.4, 0.5) is 17.8 Å². The number of aldehydes is 1. The Morgan fingerprint density at radius 1 is 0.913 bits per heavy atom. The molecule has 23 heavy (non-hydrogen) atoms. The predicted molar refractivity (Wildman–Crippen MR) is 77.4 cm³/mol. The number of aliphatic hydroxyl groups is 5. The first-order valence-corrected chi connectivity index (χ1v) is 5.82. The van der Waals surface area contributed by atoms with Gasteiger partial charge in [0, 0.05) is 0 Å². The fourth-order valence-electron chi connectivity index (χ4n) is 1.05. The van der Waals surface area contributed by atoms with E-state index in [2.05, 4.69) is 15.0 Å². The van der Waals surface area contributed by atoms with Gasteiger partial charge >= 0.3 is 0 Å². The summed E-state index contributed by atoms with van der Waals surface area (Å²) in [6.45, 7) is 1.24. The fraction of sp³-hybridized carbons (Fsp3) is 0.500. The summed E-state index contributed by atoms with van der Waals surface area (Å²) in [6.07, 6.45) is -6.84. The van der Waals surface area contributed by atoms with Crippen LogP contribution in [0.15, 0.2) is 0 Å². The average molecular weight is 336 g/mol. The van der Waals surface area contributed by atoms with Crippen molar-refractivity contribution in [3.63, 3.8) is 0 Å². The van der Waals surface area contributed by atoms with Gasteiger partial charge in [-0.25, -0.2) is 0 Å². The summed E-state index contributed by atoms with van der Waals surface area (Å²) < 4.78 is 0. The molecule has 0 saturated heterocycles. The normalized spacial score (nSPS) is 14.8. The minimum atomic E-state index is -1.79. The highest BCUT2D eigenvalue weighted by molar-refractivity contribution is 5.56. The number of nitrogens with zero attached hydrogens (tertiary/aromatic N) is 3. The molecule has 0 aliphatic heterocycles. The number of hydrogen-bond acceptors (Lipinski definition) is 13. The van der Waals surface area contributed by atoms with Crippen molar-refractivity contribution in [3.05, 3.63) is 0 Å². The third kappa shape index (κ3) is 9.22. The molecule has 0 radical (unpaired) electrons. The van der Waals surface area contributed by atoms with E-state index in [9.17, 15) is 4.79 Å². The van der Waals surface area contributed by atoms with Crippen molar-refractivity contribution in [1.82, 2.24) is 15.0 Å². The summed E-state index contributed by atoms with van der Waals surface area (Å²) >= 11 is 0. The highest BCUT2D eigenvalue weighted by Gasteiger charge is 2.29. The predicted octanol–water partition coefficient (Wildman–Crippen LogP) is -4.95. The van der Waals surface area contributed by atoms with E-state index < -0.39 is 31.0 Å². The van der Waals surface area contributed by atoms with Crippen LogP contribution in [0.25, 0.3) is 0 Å². The Kier molecular flexibility index (Phi) is 12.0.